The van der Waals surface area contributed by atoms with Gasteiger partial charge in [-0.15, -0.1) is 6.58 Å². The molecule has 44 heavy (non-hydrogen) atoms. The summed E-state index contributed by atoms with van der Waals surface area (Å²) in [4.78, 5) is 25.6. The van der Waals surface area contributed by atoms with Gasteiger partial charge in [-0.25, -0.2) is 0 Å². The lowest BCUT2D eigenvalue weighted by Crippen LogP contribution is -2.67. The molecule has 248 valence electrons. The van der Waals surface area contributed by atoms with Crippen molar-refractivity contribution in [2.75, 3.05) is 6.61 Å². The molecule has 5 rings (SSSR count). The molecular weight excluding hydrogens is 544 g/mol. The Hall–Kier alpha value is -1.42. The second-order valence-electron chi connectivity index (χ2n) is 18.6. The number of aliphatic hydroxyl groups excluding tert-OH is 1. The van der Waals surface area contributed by atoms with Crippen molar-refractivity contribution >= 4 is 11.8 Å². The zero-order valence-corrected chi connectivity index (χ0v) is 29.5. The third kappa shape index (κ3) is 5.11. The Morgan fingerprint density at radius 2 is 1.59 bits per heavy atom. The number of ketones is 1. The van der Waals surface area contributed by atoms with Gasteiger partial charge in [0, 0.05) is 24.9 Å². The second kappa shape index (κ2) is 11.4. The highest BCUT2D eigenvalue weighted by Gasteiger charge is 2.71. The van der Waals surface area contributed by atoms with Crippen LogP contribution in [0.4, 0.5) is 0 Å². The molecule has 4 nitrogen and oxygen atoms in total. The van der Waals surface area contributed by atoms with Gasteiger partial charge in [-0.3, -0.25) is 9.59 Å². The Balaban J connectivity index is 1.35. The van der Waals surface area contributed by atoms with Crippen LogP contribution in [0.15, 0.2) is 24.8 Å². The summed E-state index contributed by atoms with van der Waals surface area (Å²) < 4.78 is 6.35. The first-order chi connectivity index (χ1) is 20.4. The molecule has 0 spiro atoms. The quantitative estimate of drug-likeness (QED) is 0.209. The largest absolute Gasteiger partial charge is 0.462 e. The van der Waals surface area contributed by atoms with Gasteiger partial charge in [0.1, 0.15) is 11.9 Å². The minimum Gasteiger partial charge on any atom is -0.462 e. The van der Waals surface area contributed by atoms with Crippen molar-refractivity contribution in [1.82, 2.24) is 0 Å². The van der Waals surface area contributed by atoms with E-state index in [-0.39, 0.29) is 51.4 Å². The fraction of sp³-hybridized carbons (Fsp3) is 0.850. The highest BCUT2D eigenvalue weighted by Crippen LogP contribution is 2.77. The lowest BCUT2D eigenvalue weighted by Gasteiger charge is -2.73. The van der Waals surface area contributed by atoms with E-state index in [0.717, 1.165) is 25.7 Å². The number of aliphatic hydroxyl groups is 1. The summed E-state index contributed by atoms with van der Waals surface area (Å²) in [6.07, 6.45) is 14.3. The molecule has 1 N–H and O–H groups in total. The summed E-state index contributed by atoms with van der Waals surface area (Å²) in [5.41, 5.74) is 1.67. The van der Waals surface area contributed by atoms with Gasteiger partial charge in [0.05, 0.1) is 6.42 Å². The van der Waals surface area contributed by atoms with Crippen LogP contribution in [0.3, 0.4) is 0 Å². The van der Waals surface area contributed by atoms with E-state index in [1.54, 1.807) is 6.08 Å². The maximum Gasteiger partial charge on any atom is 0.306 e. The van der Waals surface area contributed by atoms with E-state index in [4.69, 9.17) is 4.74 Å². The summed E-state index contributed by atoms with van der Waals surface area (Å²) >= 11 is 0. The molecule has 0 aromatic heterocycles. The van der Waals surface area contributed by atoms with Gasteiger partial charge in [0.15, 0.2) is 0 Å². The van der Waals surface area contributed by atoms with Crippen LogP contribution in [-0.2, 0) is 14.3 Å². The minimum atomic E-state index is -0.415. The molecule has 10 atom stereocenters. The number of Topliss-reactive ketones (excluding diaryl/α,β-unsaturated/α-hetero) is 1. The average molecular weight is 609 g/mol. The number of rotatable bonds is 9. The van der Waals surface area contributed by atoms with Gasteiger partial charge in [-0.2, -0.15) is 0 Å². The van der Waals surface area contributed by atoms with Crippen molar-refractivity contribution in [3.05, 3.63) is 24.8 Å². The molecule has 0 saturated heterocycles. The molecule has 0 aromatic carbocycles. The normalized spacial score (nSPS) is 44.4. The number of allylic oxidation sites excluding steroid dienone is 2. The van der Waals surface area contributed by atoms with Crippen LogP contribution in [0.25, 0.3) is 0 Å². The van der Waals surface area contributed by atoms with Crippen molar-refractivity contribution in [2.24, 2.45) is 62.1 Å². The fourth-order valence-electron chi connectivity index (χ4n) is 13.2. The van der Waals surface area contributed by atoms with Gasteiger partial charge in [0.2, 0.25) is 0 Å². The van der Waals surface area contributed by atoms with Crippen LogP contribution in [0.2, 0.25) is 0 Å². The van der Waals surface area contributed by atoms with E-state index in [2.05, 4.69) is 54.7 Å². The first kappa shape index (κ1) is 33.9. The Kier molecular flexibility index (Phi) is 8.77. The van der Waals surface area contributed by atoms with E-state index in [0.29, 0.717) is 49.0 Å². The van der Waals surface area contributed by atoms with Gasteiger partial charge in [-0.1, -0.05) is 66.7 Å². The zero-order valence-electron chi connectivity index (χ0n) is 29.5. The Bertz CT molecular complexity index is 1170. The molecule has 0 bridgehead atoms. The van der Waals surface area contributed by atoms with E-state index >= 15 is 0 Å². The molecule has 0 aromatic rings. The number of ether oxygens (including phenoxy) is 1. The van der Waals surface area contributed by atoms with Crippen LogP contribution in [0.1, 0.15) is 139 Å². The fourth-order valence-corrected chi connectivity index (χ4v) is 13.2. The number of hydrogen-bond acceptors (Lipinski definition) is 4. The van der Waals surface area contributed by atoms with E-state index < -0.39 is 5.41 Å². The van der Waals surface area contributed by atoms with Gasteiger partial charge < -0.3 is 9.84 Å². The molecule has 5 aliphatic rings. The van der Waals surface area contributed by atoms with E-state index in [1.807, 2.05) is 13.8 Å². The molecule has 5 fully saturated rings. The average Bonchev–Trinajstić information content (AvgIpc) is 3.31. The van der Waals surface area contributed by atoms with Crippen LogP contribution in [0, 0.1) is 62.1 Å². The first-order valence-electron chi connectivity index (χ1n) is 18.0. The van der Waals surface area contributed by atoms with Crippen LogP contribution in [-0.4, -0.2) is 29.6 Å². The monoisotopic (exact) mass is 608 g/mol. The molecule has 4 heteroatoms. The van der Waals surface area contributed by atoms with Crippen molar-refractivity contribution < 1.29 is 19.4 Å². The predicted octanol–water partition coefficient (Wildman–Crippen LogP) is 9.50. The van der Waals surface area contributed by atoms with E-state index in [9.17, 15) is 14.7 Å². The molecule has 5 saturated carbocycles. The standard InChI is InChI=1S/C40H64O4/c1-11-12-27(42)23-35(4,5)24-33(43)44-32-17-18-37(8)30(36(32,6)7)16-19-39(10)31(37)14-13-29-34-28(26(2)3)15-20-40(34,25-41)22-21-38(29,39)9/h11,28-32,34,41H,1-2,12-25H2,3-10H3/t28-,29+,30-,31+,32-,34+,37-,38+,39+,40+/m0/s1. The van der Waals surface area contributed by atoms with Crippen molar-refractivity contribution in [3.63, 3.8) is 0 Å². The SMILES string of the molecule is C=CCC(=O)CC(C)(C)CC(=O)O[C@H]1CC[C@]2(C)[C@H]3CC[C@@H]4[C@H]5[C@H](C(=C)C)CC[C@]5(CO)CC[C@@]4(C)[C@]3(C)CC[C@H]2C1(C)C. The predicted molar refractivity (Wildman–Crippen MR) is 179 cm³/mol. The number of carbonyl (C=O) groups excluding carboxylic acids is 2. The molecule has 0 heterocycles. The summed E-state index contributed by atoms with van der Waals surface area (Å²) in [5.74, 6) is 2.91. The van der Waals surface area contributed by atoms with Crippen molar-refractivity contribution in [3.8, 4) is 0 Å². The van der Waals surface area contributed by atoms with Crippen LogP contribution >= 0.6 is 0 Å². The van der Waals surface area contributed by atoms with Gasteiger partial charge >= 0.3 is 5.97 Å². The maximum atomic E-state index is 13.3. The Labute approximate surface area is 269 Å². The highest BCUT2D eigenvalue weighted by atomic mass is 16.5. The van der Waals surface area contributed by atoms with Crippen LogP contribution < -0.4 is 0 Å². The third-order valence-electron chi connectivity index (χ3n) is 15.4. The second-order valence-corrected chi connectivity index (χ2v) is 18.6. The minimum absolute atomic E-state index is 0.0845. The van der Waals surface area contributed by atoms with Crippen molar-refractivity contribution in [2.45, 2.75) is 145 Å². The van der Waals surface area contributed by atoms with Gasteiger partial charge in [-0.05, 0) is 128 Å². The zero-order chi connectivity index (χ0) is 32.5. The first-order valence-corrected chi connectivity index (χ1v) is 18.0. The summed E-state index contributed by atoms with van der Waals surface area (Å²) in [6.45, 7) is 27.4. The maximum absolute atomic E-state index is 13.3. The lowest BCUT2D eigenvalue weighted by atomic mass is 9.32. The molecular formula is C40H64O4. The summed E-state index contributed by atoms with van der Waals surface area (Å²) in [7, 11) is 0. The third-order valence-corrected chi connectivity index (χ3v) is 15.4. The number of carbonyl (C=O) groups is 2. The smallest absolute Gasteiger partial charge is 0.306 e. The molecule has 5 aliphatic carbocycles. The summed E-state index contributed by atoms with van der Waals surface area (Å²) in [6, 6.07) is 0. The number of fused-ring (bicyclic) bond motifs is 7. The topological polar surface area (TPSA) is 63.6 Å². The van der Waals surface area contributed by atoms with Crippen molar-refractivity contribution in [1.29, 1.82) is 0 Å². The lowest BCUT2D eigenvalue weighted by molar-refractivity contribution is -0.251. The molecule has 0 amide bonds. The number of hydrogen-bond donors (Lipinski definition) is 1. The van der Waals surface area contributed by atoms with Crippen LogP contribution in [0.5, 0.6) is 0 Å². The van der Waals surface area contributed by atoms with E-state index in [1.165, 1.54) is 44.1 Å². The molecule has 0 unspecified atom stereocenters. The Morgan fingerprint density at radius 1 is 0.886 bits per heavy atom. The highest BCUT2D eigenvalue weighted by molar-refractivity contribution is 5.81. The number of esters is 1. The molecule has 0 radical (unpaired) electrons. The Morgan fingerprint density at radius 3 is 2.23 bits per heavy atom. The molecule has 0 aliphatic heterocycles. The summed E-state index contributed by atoms with van der Waals surface area (Å²) in [5, 5.41) is 10.8. The van der Waals surface area contributed by atoms with Gasteiger partial charge in [0.25, 0.3) is 0 Å².